The van der Waals surface area contributed by atoms with Crippen molar-refractivity contribution in [3.05, 3.63) is 46.8 Å². The van der Waals surface area contributed by atoms with Gasteiger partial charge in [0, 0.05) is 22.6 Å². The molecule has 5 rings (SSSR count). The number of thiazole rings is 2. The lowest BCUT2D eigenvalue weighted by molar-refractivity contribution is 0.356. The molecular formula is C20H17N3O2S2. The van der Waals surface area contributed by atoms with Crippen LogP contribution in [0.1, 0.15) is 10.4 Å². The first-order chi connectivity index (χ1) is 13.2. The first-order valence-corrected chi connectivity index (χ1v) is 10.3. The zero-order valence-corrected chi connectivity index (χ0v) is 16.5. The molecule has 4 aromatic rings. The summed E-state index contributed by atoms with van der Waals surface area (Å²) in [5, 5.41) is 5.09. The molecule has 2 heterocycles. The van der Waals surface area contributed by atoms with E-state index in [1.165, 1.54) is 16.0 Å². The second-order valence-corrected chi connectivity index (χ2v) is 8.38. The summed E-state index contributed by atoms with van der Waals surface area (Å²) in [5.41, 5.74) is 4.61. The van der Waals surface area contributed by atoms with Gasteiger partial charge < -0.3 is 14.8 Å². The Hall–Kier alpha value is -2.64. The standard InChI is InChI=1S/C20H17N3O2S2/c1-24-14-9-13-17(10-15(14)25-2)27-19(21-13)23-20-22-18-12-6-4-3-5-11(12)7-8-16(18)26-20/h3-6,9-10H,7-8H2,1-2H3,(H,21,22,23). The molecule has 7 heteroatoms. The van der Waals surface area contributed by atoms with E-state index in [0.29, 0.717) is 11.5 Å². The number of ether oxygens (including phenoxy) is 2. The summed E-state index contributed by atoms with van der Waals surface area (Å²) in [4.78, 5) is 10.9. The predicted molar refractivity (Wildman–Crippen MR) is 111 cm³/mol. The Bertz CT molecular complexity index is 1110. The maximum atomic E-state index is 5.38. The largest absolute Gasteiger partial charge is 0.493 e. The van der Waals surface area contributed by atoms with Gasteiger partial charge in [0.2, 0.25) is 0 Å². The van der Waals surface area contributed by atoms with Crippen molar-refractivity contribution in [3.63, 3.8) is 0 Å². The topological polar surface area (TPSA) is 56.3 Å². The number of aryl methyl sites for hydroxylation is 2. The third-order valence-corrected chi connectivity index (χ3v) is 6.66. The van der Waals surface area contributed by atoms with Gasteiger partial charge in [0.25, 0.3) is 0 Å². The smallest absolute Gasteiger partial charge is 0.190 e. The van der Waals surface area contributed by atoms with E-state index in [4.69, 9.17) is 14.5 Å². The van der Waals surface area contributed by atoms with E-state index in [9.17, 15) is 0 Å². The van der Waals surface area contributed by atoms with E-state index < -0.39 is 0 Å². The highest BCUT2D eigenvalue weighted by Crippen LogP contribution is 2.40. The van der Waals surface area contributed by atoms with Gasteiger partial charge in [0.15, 0.2) is 21.8 Å². The van der Waals surface area contributed by atoms with Gasteiger partial charge in [-0.15, -0.1) is 11.3 Å². The molecule has 0 atom stereocenters. The lowest BCUT2D eigenvalue weighted by Crippen LogP contribution is -2.01. The van der Waals surface area contributed by atoms with Crippen molar-refractivity contribution < 1.29 is 9.47 Å². The Kier molecular flexibility index (Phi) is 3.98. The van der Waals surface area contributed by atoms with Crippen molar-refractivity contribution in [1.29, 1.82) is 0 Å². The number of hydrogen-bond donors (Lipinski definition) is 1. The minimum atomic E-state index is 0.683. The number of nitrogens with one attached hydrogen (secondary N) is 1. The SMILES string of the molecule is COc1cc2nc(Nc3nc4c(s3)CCc3ccccc3-4)sc2cc1OC. The molecule has 136 valence electrons. The Morgan fingerprint density at radius 1 is 0.926 bits per heavy atom. The molecule has 0 saturated carbocycles. The van der Waals surface area contributed by atoms with Crippen LogP contribution >= 0.6 is 22.7 Å². The molecule has 0 bridgehead atoms. The number of anilines is 2. The summed E-state index contributed by atoms with van der Waals surface area (Å²) >= 11 is 3.30. The third-order valence-electron chi connectivity index (χ3n) is 4.70. The maximum absolute atomic E-state index is 5.38. The van der Waals surface area contributed by atoms with Gasteiger partial charge in [-0.3, -0.25) is 0 Å². The Morgan fingerprint density at radius 2 is 1.70 bits per heavy atom. The minimum absolute atomic E-state index is 0.683. The van der Waals surface area contributed by atoms with Crippen molar-refractivity contribution in [1.82, 2.24) is 9.97 Å². The van der Waals surface area contributed by atoms with Crippen molar-refractivity contribution in [2.24, 2.45) is 0 Å². The van der Waals surface area contributed by atoms with Gasteiger partial charge in [0.05, 0.1) is 30.1 Å². The molecule has 0 saturated heterocycles. The second kappa shape index (κ2) is 6.51. The molecule has 1 N–H and O–H groups in total. The normalized spacial score (nSPS) is 12.5. The Balaban J connectivity index is 1.49. The third kappa shape index (κ3) is 2.83. The number of rotatable bonds is 4. The number of aromatic nitrogens is 2. The molecule has 2 aromatic carbocycles. The van der Waals surface area contributed by atoms with E-state index in [0.717, 1.165) is 39.0 Å². The summed E-state index contributed by atoms with van der Waals surface area (Å²) in [6, 6.07) is 12.4. The fourth-order valence-corrected chi connectivity index (χ4v) is 5.32. The van der Waals surface area contributed by atoms with Crippen LogP contribution in [0.25, 0.3) is 21.5 Å². The van der Waals surface area contributed by atoms with Crippen molar-refractivity contribution >= 4 is 43.2 Å². The van der Waals surface area contributed by atoms with Crippen LogP contribution in [0.5, 0.6) is 11.5 Å². The fourth-order valence-electron chi connectivity index (χ4n) is 3.40. The van der Waals surface area contributed by atoms with E-state index in [1.807, 2.05) is 12.1 Å². The highest BCUT2D eigenvalue weighted by Gasteiger charge is 2.21. The van der Waals surface area contributed by atoms with E-state index >= 15 is 0 Å². The van der Waals surface area contributed by atoms with Gasteiger partial charge in [-0.25, -0.2) is 9.97 Å². The summed E-state index contributed by atoms with van der Waals surface area (Å²) in [7, 11) is 3.27. The van der Waals surface area contributed by atoms with Gasteiger partial charge in [0.1, 0.15) is 0 Å². The summed E-state index contributed by atoms with van der Waals surface area (Å²) in [6.45, 7) is 0. The molecule has 0 spiro atoms. The van der Waals surface area contributed by atoms with Crippen LogP contribution in [0.2, 0.25) is 0 Å². The molecule has 0 unspecified atom stereocenters. The molecule has 1 aliphatic carbocycles. The van der Waals surface area contributed by atoms with Crippen LogP contribution in [0.15, 0.2) is 36.4 Å². The number of benzene rings is 2. The van der Waals surface area contributed by atoms with Gasteiger partial charge in [-0.2, -0.15) is 0 Å². The molecule has 2 aromatic heterocycles. The molecule has 0 fully saturated rings. The molecule has 0 aliphatic heterocycles. The van der Waals surface area contributed by atoms with Crippen LogP contribution in [0.3, 0.4) is 0 Å². The summed E-state index contributed by atoms with van der Waals surface area (Å²) in [6.07, 6.45) is 2.12. The van der Waals surface area contributed by atoms with Crippen molar-refractivity contribution in [2.75, 3.05) is 19.5 Å². The van der Waals surface area contributed by atoms with Crippen LogP contribution in [-0.4, -0.2) is 24.2 Å². The Labute approximate surface area is 164 Å². The van der Waals surface area contributed by atoms with Crippen molar-refractivity contribution in [2.45, 2.75) is 12.8 Å². The van der Waals surface area contributed by atoms with Crippen LogP contribution in [-0.2, 0) is 12.8 Å². The average molecular weight is 396 g/mol. The molecule has 0 amide bonds. The molecular weight excluding hydrogens is 378 g/mol. The number of hydrogen-bond acceptors (Lipinski definition) is 7. The first kappa shape index (κ1) is 16.5. The number of methoxy groups -OCH3 is 2. The Morgan fingerprint density at radius 3 is 2.56 bits per heavy atom. The molecule has 1 aliphatic rings. The number of fused-ring (bicyclic) bond motifs is 4. The van der Waals surface area contributed by atoms with Gasteiger partial charge >= 0.3 is 0 Å². The van der Waals surface area contributed by atoms with Crippen LogP contribution in [0, 0.1) is 0 Å². The predicted octanol–water partition coefficient (Wildman–Crippen LogP) is 5.28. The fraction of sp³-hybridized carbons (Fsp3) is 0.200. The summed E-state index contributed by atoms with van der Waals surface area (Å²) in [5.74, 6) is 1.39. The van der Waals surface area contributed by atoms with Crippen molar-refractivity contribution in [3.8, 4) is 22.8 Å². The highest BCUT2D eigenvalue weighted by atomic mass is 32.1. The minimum Gasteiger partial charge on any atom is -0.493 e. The molecule has 0 radical (unpaired) electrons. The summed E-state index contributed by atoms with van der Waals surface area (Å²) < 4.78 is 11.8. The van der Waals surface area contributed by atoms with E-state index in [1.54, 1.807) is 36.9 Å². The quantitative estimate of drug-likeness (QED) is 0.509. The van der Waals surface area contributed by atoms with E-state index in [2.05, 4.69) is 34.6 Å². The first-order valence-electron chi connectivity index (χ1n) is 8.62. The van der Waals surface area contributed by atoms with Crippen LogP contribution in [0.4, 0.5) is 10.3 Å². The number of nitrogens with zero attached hydrogens (tertiary/aromatic N) is 2. The average Bonchev–Trinajstić information content (AvgIpc) is 3.29. The lowest BCUT2D eigenvalue weighted by atomic mass is 9.94. The van der Waals surface area contributed by atoms with E-state index in [-0.39, 0.29) is 0 Å². The molecule has 27 heavy (non-hydrogen) atoms. The van der Waals surface area contributed by atoms with Gasteiger partial charge in [-0.05, 0) is 18.4 Å². The molecule has 5 nitrogen and oxygen atoms in total. The zero-order chi connectivity index (χ0) is 18.4. The monoisotopic (exact) mass is 395 g/mol. The van der Waals surface area contributed by atoms with Crippen LogP contribution < -0.4 is 14.8 Å². The maximum Gasteiger partial charge on any atom is 0.190 e. The highest BCUT2D eigenvalue weighted by molar-refractivity contribution is 7.22. The van der Waals surface area contributed by atoms with Gasteiger partial charge in [-0.1, -0.05) is 35.6 Å². The zero-order valence-electron chi connectivity index (χ0n) is 14.9. The second-order valence-electron chi connectivity index (χ2n) is 6.27. The lowest BCUT2D eigenvalue weighted by Gasteiger charge is -2.13.